The molecule has 0 fully saturated rings. The van der Waals surface area contributed by atoms with Crippen LogP contribution in [0.2, 0.25) is 0 Å². The molecule has 0 spiro atoms. The van der Waals surface area contributed by atoms with Crippen molar-refractivity contribution in [2.45, 2.75) is 20.0 Å². The standard InChI is InChI=1S/C23H25N3O2S/c1-2-26(17-22(27)24-15-21-9-6-14-29-21)16-18-10-12-19(13-11-18)23(28)25-20-7-4-3-5-8-20/h3-14H,2,15-17H2,1H3,(H,24,27)(H,25,28)/p+1. The molecule has 150 valence electrons. The van der Waals surface area contributed by atoms with Crippen LogP contribution in [-0.4, -0.2) is 24.9 Å². The average Bonchev–Trinajstić information content (AvgIpc) is 3.27. The summed E-state index contributed by atoms with van der Waals surface area (Å²) in [6.45, 7) is 4.67. The van der Waals surface area contributed by atoms with Crippen molar-refractivity contribution in [2.24, 2.45) is 0 Å². The van der Waals surface area contributed by atoms with Gasteiger partial charge in [0.05, 0.1) is 13.1 Å². The number of nitrogens with one attached hydrogen (secondary N) is 3. The number of thiophene rings is 1. The van der Waals surface area contributed by atoms with Crippen molar-refractivity contribution in [1.82, 2.24) is 5.32 Å². The molecule has 0 aliphatic rings. The summed E-state index contributed by atoms with van der Waals surface area (Å²) in [7, 11) is 0. The molecule has 29 heavy (non-hydrogen) atoms. The van der Waals surface area contributed by atoms with Crippen molar-refractivity contribution in [1.29, 1.82) is 0 Å². The Hall–Kier alpha value is -2.96. The molecule has 3 N–H and O–H groups in total. The van der Waals surface area contributed by atoms with Gasteiger partial charge in [0.15, 0.2) is 6.54 Å². The van der Waals surface area contributed by atoms with Gasteiger partial charge in [-0.25, -0.2) is 0 Å². The Labute approximate surface area is 175 Å². The average molecular weight is 409 g/mol. The van der Waals surface area contributed by atoms with Crippen LogP contribution >= 0.6 is 11.3 Å². The van der Waals surface area contributed by atoms with Gasteiger partial charge in [0, 0.05) is 21.7 Å². The van der Waals surface area contributed by atoms with Gasteiger partial charge in [0.2, 0.25) is 0 Å². The van der Waals surface area contributed by atoms with Gasteiger partial charge in [-0.1, -0.05) is 36.4 Å². The summed E-state index contributed by atoms with van der Waals surface area (Å²) in [6.07, 6.45) is 0. The summed E-state index contributed by atoms with van der Waals surface area (Å²) in [5.74, 6) is -0.0792. The predicted octanol–water partition coefficient (Wildman–Crippen LogP) is 2.72. The third-order valence-electron chi connectivity index (χ3n) is 4.65. The zero-order valence-corrected chi connectivity index (χ0v) is 17.3. The van der Waals surface area contributed by atoms with Gasteiger partial charge >= 0.3 is 0 Å². The molecule has 1 heterocycles. The summed E-state index contributed by atoms with van der Waals surface area (Å²) >= 11 is 1.64. The summed E-state index contributed by atoms with van der Waals surface area (Å²) in [5, 5.41) is 7.87. The van der Waals surface area contributed by atoms with Crippen LogP contribution in [0, 0.1) is 0 Å². The number of hydrogen-bond donors (Lipinski definition) is 3. The van der Waals surface area contributed by atoms with E-state index in [-0.39, 0.29) is 11.8 Å². The van der Waals surface area contributed by atoms with Gasteiger partial charge < -0.3 is 15.5 Å². The van der Waals surface area contributed by atoms with Crippen LogP contribution < -0.4 is 15.5 Å². The number of rotatable bonds is 9. The molecule has 1 aromatic heterocycles. The first-order chi connectivity index (χ1) is 14.1. The minimum Gasteiger partial charge on any atom is -0.346 e. The first-order valence-electron chi connectivity index (χ1n) is 9.72. The Bertz CT molecular complexity index is 909. The molecule has 0 saturated heterocycles. The zero-order valence-electron chi connectivity index (χ0n) is 16.5. The first-order valence-corrected chi connectivity index (χ1v) is 10.6. The van der Waals surface area contributed by atoms with E-state index in [4.69, 9.17) is 0 Å². The number of carbonyl (C=O) groups excluding carboxylic acids is 2. The lowest BCUT2D eigenvalue weighted by atomic mass is 10.1. The lowest BCUT2D eigenvalue weighted by molar-refractivity contribution is -0.904. The van der Waals surface area contributed by atoms with E-state index >= 15 is 0 Å². The van der Waals surface area contributed by atoms with Gasteiger partial charge in [-0.15, -0.1) is 11.3 Å². The molecule has 1 atom stereocenters. The van der Waals surface area contributed by atoms with Crippen LogP contribution in [-0.2, 0) is 17.9 Å². The molecule has 2 aromatic carbocycles. The topological polar surface area (TPSA) is 62.6 Å². The van der Waals surface area contributed by atoms with Crippen LogP contribution in [0.5, 0.6) is 0 Å². The zero-order chi connectivity index (χ0) is 20.5. The van der Waals surface area contributed by atoms with Gasteiger partial charge in [0.1, 0.15) is 6.54 Å². The van der Waals surface area contributed by atoms with Crippen molar-refractivity contribution in [3.63, 3.8) is 0 Å². The third kappa shape index (κ3) is 6.55. The quantitative estimate of drug-likeness (QED) is 0.510. The van der Waals surface area contributed by atoms with Crippen LogP contribution in [0.4, 0.5) is 5.69 Å². The van der Waals surface area contributed by atoms with E-state index in [1.807, 2.05) is 72.1 Å². The molecular formula is C23H26N3O2S+. The Kier molecular flexibility index (Phi) is 7.55. The second kappa shape index (κ2) is 10.5. The van der Waals surface area contributed by atoms with Gasteiger partial charge in [0.25, 0.3) is 11.8 Å². The molecule has 3 rings (SSSR count). The Morgan fingerprint density at radius 2 is 1.72 bits per heavy atom. The minimum absolute atomic E-state index is 0.0501. The van der Waals surface area contributed by atoms with E-state index in [1.54, 1.807) is 11.3 Å². The van der Waals surface area contributed by atoms with Crippen molar-refractivity contribution >= 4 is 28.8 Å². The van der Waals surface area contributed by atoms with Crippen molar-refractivity contribution in [3.05, 3.63) is 88.1 Å². The number of anilines is 1. The maximum Gasteiger partial charge on any atom is 0.275 e. The number of hydrogen-bond acceptors (Lipinski definition) is 3. The maximum atomic E-state index is 12.4. The minimum atomic E-state index is -0.129. The van der Waals surface area contributed by atoms with E-state index in [9.17, 15) is 9.59 Å². The molecule has 0 aliphatic heterocycles. The third-order valence-corrected chi connectivity index (χ3v) is 5.53. The van der Waals surface area contributed by atoms with Crippen LogP contribution in [0.3, 0.4) is 0 Å². The second-order valence-corrected chi connectivity index (χ2v) is 7.86. The molecule has 2 amide bonds. The molecule has 0 saturated carbocycles. The number of carbonyl (C=O) groups is 2. The second-order valence-electron chi connectivity index (χ2n) is 6.83. The molecule has 1 unspecified atom stereocenters. The summed E-state index contributed by atoms with van der Waals surface area (Å²) in [4.78, 5) is 26.9. The highest BCUT2D eigenvalue weighted by Gasteiger charge is 2.14. The van der Waals surface area contributed by atoms with Crippen molar-refractivity contribution < 1.29 is 14.5 Å². The fourth-order valence-corrected chi connectivity index (χ4v) is 3.63. The largest absolute Gasteiger partial charge is 0.346 e. The van der Waals surface area contributed by atoms with Crippen LogP contribution in [0.1, 0.15) is 27.7 Å². The van der Waals surface area contributed by atoms with E-state index in [1.165, 1.54) is 4.90 Å². The number of likely N-dealkylation sites (N-methyl/N-ethyl adjacent to an activating group) is 1. The fourth-order valence-electron chi connectivity index (χ4n) is 2.99. The molecule has 3 aromatic rings. The molecular weight excluding hydrogens is 382 g/mol. The number of para-hydroxylation sites is 1. The Balaban J connectivity index is 1.50. The van der Waals surface area contributed by atoms with E-state index in [0.717, 1.165) is 29.2 Å². The number of quaternary nitrogens is 1. The lowest BCUT2D eigenvalue weighted by Gasteiger charge is -2.17. The summed E-state index contributed by atoms with van der Waals surface area (Å²) in [6, 6.07) is 21.0. The molecule has 0 aliphatic carbocycles. The van der Waals surface area contributed by atoms with E-state index in [0.29, 0.717) is 18.7 Å². The van der Waals surface area contributed by atoms with Gasteiger partial charge in [-0.05, 0) is 42.6 Å². The van der Waals surface area contributed by atoms with Gasteiger partial charge in [-0.2, -0.15) is 0 Å². The lowest BCUT2D eigenvalue weighted by Crippen LogP contribution is -3.11. The van der Waals surface area contributed by atoms with Crippen LogP contribution in [0.25, 0.3) is 0 Å². The number of benzene rings is 2. The molecule has 6 heteroatoms. The first kappa shape index (κ1) is 20.8. The SMILES string of the molecule is CC[NH+](CC(=O)NCc1cccs1)Cc1ccc(C(=O)Nc2ccccc2)cc1. The van der Waals surface area contributed by atoms with Crippen molar-refractivity contribution in [3.8, 4) is 0 Å². The Morgan fingerprint density at radius 1 is 0.966 bits per heavy atom. The highest BCUT2D eigenvalue weighted by molar-refractivity contribution is 7.09. The smallest absolute Gasteiger partial charge is 0.275 e. The summed E-state index contributed by atoms with van der Waals surface area (Å²) in [5.41, 5.74) is 2.49. The maximum absolute atomic E-state index is 12.4. The molecule has 0 bridgehead atoms. The number of amides is 2. The van der Waals surface area contributed by atoms with E-state index in [2.05, 4.69) is 17.6 Å². The highest BCUT2D eigenvalue weighted by Crippen LogP contribution is 2.10. The highest BCUT2D eigenvalue weighted by atomic mass is 32.1. The fraction of sp³-hybridized carbons (Fsp3) is 0.217. The van der Waals surface area contributed by atoms with Crippen molar-refractivity contribution in [2.75, 3.05) is 18.4 Å². The monoisotopic (exact) mass is 408 g/mol. The van der Waals surface area contributed by atoms with Crippen LogP contribution in [0.15, 0.2) is 72.1 Å². The molecule has 0 radical (unpaired) electrons. The summed E-state index contributed by atoms with van der Waals surface area (Å²) < 4.78 is 0. The van der Waals surface area contributed by atoms with Gasteiger partial charge in [-0.3, -0.25) is 9.59 Å². The normalized spacial score (nSPS) is 11.6. The van der Waals surface area contributed by atoms with E-state index < -0.39 is 0 Å². The molecule has 5 nitrogen and oxygen atoms in total. The Morgan fingerprint density at radius 3 is 2.38 bits per heavy atom. The predicted molar refractivity (Wildman–Crippen MR) is 117 cm³/mol.